The highest BCUT2D eigenvalue weighted by atomic mass is 14.6. The molecule has 0 heterocycles. The molecule has 5 unspecified atom stereocenters. The lowest BCUT2D eigenvalue weighted by atomic mass is 9.65. The molecule has 0 aromatic heterocycles. The third kappa shape index (κ3) is 0.500. The highest BCUT2D eigenvalue weighted by Crippen LogP contribution is 2.64. The molecule has 3 saturated carbocycles. The summed E-state index contributed by atoms with van der Waals surface area (Å²) in [4.78, 5) is 0. The minimum atomic E-state index is 1.12. The fourth-order valence-electron chi connectivity index (χ4n) is 3.61. The van der Waals surface area contributed by atoms with Crippen LogP contribution in [-0.2, 0) is 0 Å². The average molecular weight is 136 g/mol. The van der Waals surface area contributed by atoms with Gasteiger partial charge in [-0.15, -0.1) is 0 Å². The van der Waals surface area contributed by atoms with Crippen LogP contribution in [0.15, 0.2) is 0 Å². The van der Waals surface area contributed by atoms with Crippen molar-refractivity contribution < 1.29 is 0 Å². The van der Waals surface area contributed by atoms with Gasteiger partial charge in [0.25, 0.3) is 0 Å². The van der Waals surface area contributed by atoms with Crippen molar-refractivity contribution in [1.82, 2.24) is 0 Å². The van der Waals surface area contributed by atoms with Crippen molar-refractivity contribution in [2.24, 2.45) is 29.6 Å². The van der Waals surface area contributed by atoms with E-state index in [1.165, 1.54) is 23.7 Å². The number of hydrogen-bond acceptors (Lipinski definition) is 0. The molecule has 0 spiro atoms. The molecule has 3 aliphatic rings. The Morgan fingerprint density at radius 3 is 2.20 bits per heavy atom. The van der Waals surface area contributed by atoms with Crippen LogP contribution in [0.5, 0.6) is 0 Å². The molecule has 3 aliphatic carbocycles. The van der Waals surface area contributed by atoms with Crippen molar-refractivity contribution in [2.45, 2.75) is 32.6 Å². The maximum Gasteiger partial charge on any atom is -0.0324 e. The van der Waals surface area contributed by atoms with E-state index >= 15 is 0 Å². The van der Waals surface area contributed by atoms with E-state index in [0.29, 0.717) is 0 Å². The fourth-order valence-corrected chi connectivity index (χ4v) is 3.61. The summed E-state index contributed by atoms with van der Waals surface area (Å²) < 4.78 is 0. The fraction of sp³-hybridized carbons (Fsp3) is 1.00. The molecular formula is C10H16. The highest BCUT2D eigenvalue weighted by Gasteiger charge is 2.57. The summed E-state index contributed by atoms with van der Waals surface area (Å²) in [7, 11) is 0. The predicted molar refractivity (Wildman–Crippen MR) is 41.6 cm³/mol. The van der Waals surface area contributed by atoms with Crippen molar-refractivity contribution in [2.75, 3.05) is 0 Å². The molecule has 0 aromatic rings. The van der Waals surface area contributed by atoms with Crippen molar-refractivity contribution in [1.29, 1.82) is 0 Å². The van der Waals surface area contributed by atoms with Gasteiger partial charge < -0.3 is 0 Å². The second-order valence-electron chi connectivity index (χ2n) is 4.68. The Bertz CT molecular complexity index is 155. The van der Waals surface area contributed by atoms with Crippen molar-refractivity contribution >= 4 is 0 Å². The van der Waals surface area contributed by atoms with E-state index in [9.17, 15) is 0 Å². The largest absolute Gasteiger partial charge is 0.0619 e. The van der Waals surface area contributed by atoms with Gasteiger partial charge in [-0.05, 0) is 55.3 Å². The van der Waals surface area contributed by atoms with E-state index in [1.807, 2.05) is 0 Å². The highest BCUT2D eigenvalue weighted by molar-refractivity contribution is 5.06. The number of hydrogen-bond donors (Lipinski definition) is 0. The van der Waals surface area contributed by atoms with Crippen LogP contribution in [0, 0.1) is 29.6 Å². The molecule has 0 heteroatoms. The molecule has 0 amide bonds. The first-order chi connectivity index (χ1) is 4.88. The van der Waals surface area contributed by atoms with Crippen molar-refractivity contribution in [3.05, 3.63) is 0 Å². The smallest absolute Gasteiger partial charge is 0.0324 e. The summed E-state index contributed by atoms with van der Waals surface area (Å²) in [5.74, 6) is 5.89. The molecule has 0 saturated heterocycles. The number of rotatable bonds is 0. The minimum absolute atomic E-state index is 1.12. The molecule has 0 N–H and O–H groups in total. The SMILES string of the molecule is CC1C2CCC3CCC3C12. The first-order valence-electron chi connectivity index (χ1n) is 4.88. The third-order valence-electron chi connectivity index (χ3n) is 4.48. The van der Waals surface area contributed by atoms with Crippen LogP contribution in [0.4, 0.5) is 0 Å². The average Bonchev–Trinajstić information content (AvgIpc) is 2.43. The molecule has 0 aliphatic heterocycles. The van der Waals surface area contributed by atoms with E-state index in [4.69, 9.17) is 0 Å². The summed E-state index contributed by atoms with van der Waals surface area (Å²) in [6.45, 7) is 2.47. The van der Waals surface area contributed by atoms with Gasteiger partial charge in [-0.1, -0.05) is 6.92 Å². The normalized spacial score (nSPS) is 63.9. The molecule has 0 aromatic carbocycles. The molecule has 5 atom stereocenters. The molecule has 3 rings (SSSR count). The van der Waals surface area contributed by atoms with E-state index in [1.54, 1.807) is 25.7 Å². The lowest BCUT2D eigenvalue weighted by Crippen LogP contribution is -2.31. The zero-order valence-electron chi connectivity index (χ0n) is 6.72. The molecule has 3 fully saturated rings. The maximum absolute atomic E-state index is 2.47. The van der Waals surface area contributed by atoms with Crippen LogP contribution in [-0.4, -0.2) is 0 Å². The van der Waals surface area contributed by atoms with Gasteiger partial charge in [0.05, 0.1) is 0 Å². The Kier molecular flexibility index (Phi) is 0.898. The number of fused-ring (bicyclic) bond motifs is 3. The topological polar surface area (TPSA) is 0 Å². The molecular weight excluding hydrogens is 120 g/mol. The second kappa shape index (κ2) is 1.60. The minimum Gasteiger partial charge on any atom is -0.0619 e. The van der Waals surface area contributed by atoms with Crippen LogP contribution >= 0.6 is 0 Å². The Morgan fingerprint density at radius 2 is 1.60 bits per heavy atom. The van der Waals surface area contributed by atoms with E-state index in [2.05, 4.69) is 6.92 Å². The molecule has 10 heavy (non-hydrogen) atoms. The van der Waals surface area contributed by atoms with E-state index < -0.39 is 0 Å². The summed E-state index contributed by atoms with van der Waals surface area (Å²) in [6, 6.07) is 0. The van der Waals surface area contributed by atoms with Crippen LogP contribution in [0.2, 0.25) is 0 Å². The van der Waals surface area contributed by atoms with Gasteiger partial charge in [0.1, 0.15) is 0 Å². The zero-order valence-corrected chi connectivity index (χ0v) is 6.72. The Hall–Kier alpha value is 0. The standard InChI is InChI=1S/C10H16/c1-6-8-4-2-7-3-5-9(7)10(6)8/h6-10H,2-5H2,1H3. The first-order valence-corrected chi connectivity index (χ1v) is 4.88. The monoisotopic (exact) mass is 136 g/mol. The summed E-state index contributed by atoms with van der Waals surface area (Å²) >= 11 is 0. The van der Waals surface area contributed by atoms with Crippen LogP contribution < -0.4 is 0 Å². The van der Waals surface area contributed by atoms with Gasteiger partial charge in [-0.2, -0.15) is 0 Å². The Balaban J connectivity index is 1.81. The second-order valence-corrected chi connectivity index (χ2v) is 4.68. The van der Waals surface area contributed by atoms with Gasteiger partial charge in [-0.3, -0.25) is 0 Å². The molecule has 0 radical (unpaired) electrons. The molecule has 56 valence electrons. The summed E-state index contributed by atoms with van der Waals surface area (Å²) in [5.41, 5.74) is 0. The zero-order chi connectivity index (χ0) is 6.72. The Morgan fingerprint density at radius 1 is 0.900 bits per heavy atom. The lowest BCUT2D eigenvalue weighted by molar-refractivity contribution is 0.1000. The van der Waals surface area contributed by atoms with Gasteiger partial charge in [0.2, 0.25) is 0 Å². The van der Waals surface area contributed by atoms with E-state index in [0.717, 1.165) is 5.92 Å². The van der Waals surface area contributed by atoms with Gasteiger partial charge in [0.15, 0.2) is 0 Å². The van der Waals surface area contributed by atoms with E-state index in [-0.39, 0.29) is 0 Å². The molecule has 0 bridgehead atoms. The quantitative estimate of drug-likeness (QED) is 0.480. The lowest BCUT2D eigenvalue weighted by Gasteiger charge is -2.40. The maximum atomic E-state index is 2.47. The summed E-state index contributed by atoms with van der Waals surface area (Å²) in [5, 5.41) is 0. The van der Waals surface area contributed by atoms with Crippen molar-refractivity contribution in [3.8, 4) is 0 Å². The third-order valence-corrected chi connectivity index (χ3v) is 4.48. The van der Waals surface area contributed by atoms with Gasteiger partial charge in [0, 0.05) is 0 Å². The predicted octanol–water partition coefficient (Wildman–Crippen LogP) is 2.69. The van der Waals surface area contributed by atoms with Crippen molar-refractivity contribution in [3.63, 3.8) is 0 Å². The van der Waals surface area contributed by atoms with Crippen LogP contribution in [0.1, 0.15) is 32.6 Å². The van der Waals surface area contributed by atoms with Crippen LogP contribution in [0.3, 0.4) is 0 Å². The first kappa shape index (κ1) is 5.62. The summed E-state index contributed by atoms with van der Waals surface area (Å²) in [6.07, 6.45) is 6.31. The van der Waals surface area contributed by atoms with Gasteiger partial charge in [-0.25, -0.2) is 0 Å². The Labute approximate surface area is 63.0 Å². The van der Waals surface area contributed by atoms with Gasteiger partial charge >= 0.3 is 0 Å². The van der Waals surface area contributed by atoms with Crippen LogP contribution in [0.25, 0.3) is 0 Å². The molecule has 0 nitrogen and oxygen atoms in total.